The lowest BCUT2D eigenvalue weighted by molar-refractivity contribution is 0.637. The summed E-state index contributed by atoms with van der Waals surface area (Å²) in [6, 6.07) is 18.6. The minimum Gasteiger partial charge on any atom is -0.271 e. The van der Waals surface area contributed by atoms with E-state index in [0.717, 1.165) is 22.0 Å². The second-order valence-corrected chi connectivity index (χ2v) is 4.97. The Balaban J connectivity index is 2.07. The first-order valence-corrected chi connectivity index (χ1v) is 6.65. The molecule has 0 radical (unpaired) electrons. The van der Waals surface area contributed by atoms with Gasteiger partial charge in [0, 0.05) is 11.6 Å². The van der Waals surface area contributed by atoms with Gasteiger partial charge in [-0.15, -0.1) is 0 Å². The third kappa shape index (κ3) is 2.41. The van der Waals surface area contributed by atoms with Crippen LogP contribution >= 0.6 is 0 Å². The van der Waals surface area contributed by atoms with E-state index in [1.807, 2.05) is 18.3 Å². The molecule has 3 heteroatoms. The van der Waals surface area contributed by atoms with E-state index in [1.165, 1.54) is 5.56 Å². The molecule has 3 N–H and O–H groups in total. The molecule has 0 fully saturated rings. The number of fused-ring (bicyclic) bond motifs is 1. The average molecular weight is 263 g/mol. The van der Waals surface area contributed by atoms with Gasteiger partial charge in [-0.25, -0.2) is 5.43 Å². The lowest BCUT2D eigenvalue weighted by Crippen LogP contribution is -2.28. The summed E-state index contributed by atoms with van der Waals surface area (Å²) in [6.45, 7) is 2.08. The van der Waals surface area contributed by atoms with Crippen molar-refractivity contribution in [2.75, 3.05) is 0 Å². The highest BCUT2D eigenvalue weighted by atomic mass is 15.2. The molecular weight excluding hydrogens is 246 g/mol. The first-order chi connectivity index (χ1) is 9.78. The highest BCUT2D eigenvalue weighted by molar-refractivity contribution is 5.79. The molecule has 0 aliphatic rings. The molecule has 1 aromatic heterocycles. The smallest absolute Gasteiger partial charge is 0.0710 e. The van der Waals surface area contributed by atoms with Crippen molar-refractivity contribution >= 4 is 10.9 Å². The molecule has 0 aliphatic heterocycles. The predicted molar refractivity (Wildman–Crippen MR) is 82.1 cm³/mol. The minimum atomic E-state index is -0.0266. The van der Waals surface area contributed by atoms with Crippen LogP contribution in [0.1, 0.15) is 22.7 Å². The van der Waals surface area contributed by atoms with Crippen LogP contribution in [0, 0.1) is 6.92 Å². The van der Waals surface area contributed by atoms with E-state index in [-0.39, 0.29) is 6.04 Å². The first kappa shape index (κ1) is 12.8. The van der Waals surface area contributed by atoms with Crippen molar-refractivity contribution in [2.45, 2.75) is 13.0 Å². The fourth-order valence-electron chi connectivity index (χ4n) is 2.50. The monoisotopic (exact) mass is 263 g/mol. The van der Waals surface area contributed by atoms with E-state index in [2.05, 4.69) is 59.8 Å². The van der Waals surface area contributed by atoms with Crippen LogP contribution in [0.4, 0.5) is 0 Å². The van der Waals surface area contributed by atoms with Crippen LogP contribution in [-0.2, 0) is 0 Å². The van der Waals surface area contributed by atoms with Gasteiger partial charge in [0.2, 0.25) is 0 Å². The molecule has 3 nitrogen and oxygen atoms in total. The Morgan fingerprint density at radius 2 is 1.85 bits per heavy atom. The van der Waals surface area contributed by atoms with Crippen LogP contribution in [0.15, 0.2) is 60.8 Å². The zero-order valence-corrected chi connectivity index (χ0v) is 11.4. The van der Waals surface area contributed by atoms with Crippen molar-refractivity contribution in [2.24, 2.45) is 5.84 Å². The zero-order chi connectivity index (χ0) is 13.9. The normalized spacial score (nSPS) is 12.5. The summed E-state index contributed by atoms with van der Waals surface area (Å²) < 4.78 is 0. The van der Waals surface area contributed by atoms with Crippen LogP contribution in [0.3, 0.4) is 0 Å². The summed E-state index contributed by atoms with van der Waals surface area (Å²) in [5.41, 5.74) is 7.38. The van der Waals surface area contributed by atoms with Gasteiger partial charge in [-0.05, 0) is 30.2 Å². The second-order valence-electron chi connectivity index (χ2n) is 4.97. The van der Waals surface area contributed by atoms with Crippen molar-refractivity contribution in [3.63, 3.8) is 0 Å². The highest BCUT2D eigenvalue weighted by Crippen LogP contribution is 2.24. The predicted octanol–water partition coefficient (Wildman–Crippen LogP) is 3.10. The number of hydrogen-bond donors (Lipinski definition) is 2. The summed E-state index contributed by atoms with van der Waals surface area (Å²) in [4.78, 5) is 4.40. The summed E-state index contributed by atoms with van der Waals surface area (Å²) in [5.74, 6) is 5.76. The second kappa shape index (κ2) is 5.41. The van der Waals surface area contributed by atoms with E-state index < -0.39 is 0 Å². The summed E-state index contributed by atoms with van der Waals surface area (Å²) in [7, 11) is 0. The number of nitrogens with one attached hydrogen (secondary N) is 1. The Morgan fingerprint density at radius 1 is 1.00 bits per heavy atom. The standard InChI is InChI=1S/C17H17N3/c1-12-4-2-5-14(10-12)17(20-18)15-8-7-13-6-3-9-19-16(13)11-15/h2-11,17,20H,18H2,1H3. The quantitative estimate of drug-likeness (QED) is 0.564. The SMILES string of the molecule is Cc1cccc(C(NN)c2ccc3cccnc3c2)c1. The van der Waals surface area contributed by atoms with Gasteiger partial charge in [-0.3, -0.25) is 10.8 Å². The third-order valence-electron chi connectivity index (χ3n) is 3.51. The Hall–Kier alpha value is -2.23. The van der Waals surface area contributed by atoms with E-state index in [9.17, 15) is 0 Å². The maximum atomic E-state index is 5.76. The number of aromatic nitrogens is 1. The van der Waals surface area contributed by atoms with E-state index in [4.69, 9.17) is 5.84 Å². The molecule has 0 aliphatic carbocycles. The number of benzene rings is 2. The molecular formula is C17H17N3. The van der Waals surface area contributed by atoms with Crippen LogP contribution in [-0.4, -0.2) is 4.98 Å². The molecule has 2 aromatic carbocycles. The fourth-order valence-corrected chi connectivity index (χ4v) is 2.50. The van der Waals surface area contributed by atoms with Gasteiger partial charge in [-0.1, -0.05) is 48.0 Å². The van der Waals surface area contributed by atoms with Crippen LogP contribution in [0.25, 0.3) is 10.9 Å². The summed E-state index contributed by atoms with van der Waals surface area (Å²) in [5, 5.41) is 1.14. The number of hydrazine groups is 1. The van der Waals surface area contributed by atoms with E-state index in [0.29, 0.717) is 0 Å². The van der Waals surface area contributed by atoms with Gasteiger partial charge in [0.05, 0.1) is 11.6 Å². The van der Waals surface area contributed by atoms with Crippen LogP contribution in [0.5, 0.6) is 0 Å². The molecule has 0 saturated carbocycles. The van der Waals surface area contributed by atoms with Gasteiger partial charge in [0.15, 0.2) is 0 Å². The van der Waals surface area contributed by atoms with Gasteiger partial charge >= 0.3 is 0 Å². The van der Waals surface area contributed by atoms with Crippen LogP contribution < -0.4 is 11.3 Å². The number of hydrogen-bond acceptors (Lipinski definition) is 3. The van der Waals surface area contributed by atoms with Crippen molar-refractivity contribution in [3.8, 4) is 0 Å². The highest BCUT2D eigenvalue weighted by Gasteiger charge is 2.13. The number of nitrogens with two attached hydrogens (primary N) is 1. The lowest BCUT2D eigenvalue weighted by atomic mass is 9.97. The molecule has 1 heterocycles. The number of nitrogens with zero attached hydrogens (tertiary/aromatic N) is 1. The van der Waals surface area contributed by atoms with Crippen LogP contribution in [0.2, 0.25) is 0 Å². The average Bonchev–Trinajstić information content (AvgIpc) is 2.48. The zero-order valence-electron chi connectivity index (χ0n) is 11.4. The fraction of sp³-hybridized carbons (Fsp3) is 0.118. The maximum Gasteiger partial charge on any atom is 0.0710 e. The summed E-state index contributed by atoms with van der Waals surface area (Å²) >= 11 is 0. The molecule has 0 spiro atoms. The number of aryl methyl sites for hydroxylation is 1. The maximum absolute atomic E-state index is 5.76. The summed E-state index contributed by atoms with van der Waals surface area (Å²) in [6.07, 6.45) is 1.81. The molecule has 3 aromatic rings. The molecule has 20 heavy (non-hydrogen) atoms. The van der Waals surface area contributed by atoms with E-state index in [1.54, 1.807) is 0 Å². The minimum absolute atomic E-state index is 0.0266. The third-order valence-corrected chi connectivity index (χ3v) is 3.51. The van der Waals surface area contributed by atoms with Gasteiger partial charge < -0.3 is 0 Å². The first-order valence-electron chi connectivity index (χ1n) is 6.65. The Morgan fingerprint density at radius 3 is 2.65 bits per heavy atom. The number of pyridine rings is 1. The molecule has 100 valence electrons. The number of rotatable bonds is 3. The van der Waals surface area contributed by atoms with Gasteiger partial charge in [0.25, 0.3) is 0 Å². The molecule has 0 saturated heterocycles. The Bertz CT molecular complexity index is 737. The molecule has 1 unspecified atom stereocenters. The Labute approximate surface area is 118 Å². The van der Waals surface area contributed by atoms with Gasteiger partial charge in [0.1, 0.15) is 0 Å². The molecule has 3 rings (SSSR count). The molecule has 0 amide bonds. The van der Waals surface area contributed by atoms with Crippen molar-refractivity contribution in [1.29, 1.82) is 0 Å². The topological polar surface area (TPSA) is 50.9 Å². The van der Waals surface area contributed by atoms with E-state index >= 15 is 0 Å². The van der Waals surface area contributed by atoms with Gasteiger partial charge in [-0.2, -0.15) is 0 Å². The molecule has 0 bridgehead atoms. The van der Waals surface area contributed by atoms with Crippen molar-refractivity contribution in [1.82, 2.24) is 10.4 Å². The molecule has 1 atom stereocenters. The van der Waals surface area contributed by atoms with Crippen molar-refractivity contribution in [3.05, 3.63) is 77.5 Å². The largest absolute Gasteiger partial charge is 0.271 e. The van der Waals surface area contributed by atoms with Crippen molar-refractivity contribution < 1.29 is 0 Å². The Kier molecular flexibility index (Phi) is 3.46. The lowest BCUT2D eigenvalue weighted by Gasteiger charge is -2.17.